The maximum absolute atomic E-state index is 13.2. The van der Waals surface area contributed by atoms with E-state index in [0.29, 0.717) is 11.3 Å². The van der Waals surface area contributed by atoms with E-state index in [9.17, 15) is 13.2 Å². The zero-order valence-electron chi connectivity index (χ0n) is 18.5. The fraction of sp³-hybridized carbons (Fsp3) is 0.240. The predicted octanol–water partition coefficient (Wildman–Crippen LogP) is 3.92. The number of methoxy groups -OCH3 is 1. The van der Waals surface area contributed by atoms with E-state index in [1.165, 1.54) is 17.5 Å². The SMILES string of the molecule is CCN(CC(=O)NC(c1ccccc1)c1ccccc1)S(=O)(=O)c1ccc(OC)c(C)c1. The number of carbonyl (C=O) groups excluding carboxylic acids is 1. The smallest absolute Gasteiger partial charge is 0.243 e. The molecule has 0 aromatic heterocycles. The summed E-state index contributed by atoms with van der Waals surface area (Å²) >= 11 is 0. The van der Waals surface area contributed by atoms with Crippen molar-refractivity contribution in [2.75, 3.05) is 20.2 Å². The summed E-state index contributed by atoms with van der Waals surface area (Å²) in [7, 11) is -2.31. The Balaban J connectivity index is 1.82. The van der Waals surface area contributed by atoms with Gasteiger partial charge in [-0.15, -0.1) is 0 Å². The minimum atomic E-state index is -3.84. The lowest BCUT2D eigenvalue weighted by atomic mass is 9.99. The zero-order chi connectivity index (χ0) is 23.1. The first-order valence-electron chi connectivity index (χ1n) is 10.4. The molecule has 0 bridgehead atoms. The summed E-state index contributed by atoms with van der Waals surface area (Å²) in [6.45, 7) is 3.39. The molecule has 0 heterocycles. The summed E-state index contributed by atoms with van der Waals surface area (Å²) in [5.41, 5.74) is 2.55. The van der Waals surface area contributed by atoms with Crippen molar-refractivity contribution in [3.8, 4) is 5.75 Å². The van der Waals surface area contributed by atoms with Gasteiger partial charge in [0.25, 0.3) is 0 Å². The number of hydrogen-bond acceptors (Lipinski definition) is 4. The molecule has 0 unspecified atom stereocenters. The van der Waals surface area contributed by atoms with Crippen molar-refractivity contribution in [2.24, 2.45) is 0 Å². The molecule has 0 aliphatic carbocycles. The molecule has 168 valence electrons. The second-order valence-electron chi connectivity index (χ2n) is 7.38. The molecule has 0 radical (unpaired) electrons. The highest BCUT2D eigenvalue weighted by atomic mass is 32.2. The zero-order valence-corrected chi connectivity index (χ0v) is 19.3. The summed E-state index contributed by atoms with van der Waals surface area (Å²) in [6, 6.07) is 23.5. The van der Waals surface area contributed by atoms with Gasteiger partial charge >= 0.3 is 0 Å². The van der Waals surface area contributed by atoms with Gasteiger partial charge in [0.2, 0.25) is 15.9 Å². The molecule has 0 saturated carbocycles. The van der Waals surface area contributed by atoms with Crippen LogP contribution in [-0.2, 0) is 14.8 Å². The minimum absolute atomic E-state index is 0.133. The fourth-order valence-corrected chi connectivity index (χ4v) is 5.04. The third-order valence-corrected chi connectivity index (χ3v) is 7.16. The Kier molecular flexibility index (Phi) is 7.66. The maximum atomic E-state index is 13.2. The molecule has 32 heavy (non-hydrogen) atoms. The average molecular weight is 453 g/mol. The Morgan fingerprint density at radius 3 is 2.00 bits per heavy atom. The Bertz CT molecular complexity index is 1110. The van der Waals surface area contributed by atoms with Crippen LogP contribution >= 0.6 is 0 Å². The molecule has 0 spiro atoms. The summed E-state index contributed by atoms with van der Waals surface area (Å²) in [5.74, 6) is 0.233. The maximum Gasteiger partial charge on any atom is 0.243 e. The van der Waals surface area contributed by atoms with Crippen LogP contribution in [0.15, 0.2) is 83.8 Å². The van der Waals surface area contributed by atoms with Crippen molar-refractivity contribution in [1.82, 2.24) is 9.62 Å². The highest BCUT2D eigenvalue weighted by Crippen LogP contribution is 2.24. The van der Waals surface area contributed by atoms with Crippen molar-refractivity contribution < 1.29 is 17.9 Å². The number of likely N-dealkylation sites (N-methyl/N-ethyl adjacent to an activating group) is 1. The van der Waals surface area contributed by atoms with E-state index >= 15 is 0 Å². The topological polar surface area (TPSA) is 75.7 Å². The molecule has 7 heteroatoms. The molecule has 1 N–H and O–H groups in total. The van der Waals surface area contributed by atoms with E-state index in [1.54, 1.807) is 26.0 Å². The van der Waals surface area contributed by atoms with Crippen LogP contribution in [0.3, 0.4) is 0 Å². The first-order valence-corrected chi connectivity index (χ1v) is 11.8. The van der Waals surface area contributed by atoms with Crippen LogP contribution in [0.5, 0.6) is 5.75 Å². The molecule has 0 atom stereocenters. The van der Waals surface area contributed by atoms with Gasteiger partial charge in [-0.25, -0.2) is 8.42 Å². The van der Waals surface area contributed by atoms with Crippen molar-refractivity contribution in [2.45, 2.75) is 24.8 Å². The Labute approximate surface area is 189 Å². The molecule has 3 aromatic carbocycles. The molecule has 1 amide bonds. The van der Waals surface area contributed by atoms with Crippen molar-refractivity contribution in [3.63, 3.8) is 0 Å². The largest absolute Gasteiger partial charge is 0.496 e. The lowest BCUT2D eigenvalue weighted by Gasteiger charge is -2.24. The number of carbonyl (C=O) groups is 1. The number of ether oxygens (including phenoxy) is 1. The second kappa shape index (κ2) is 10.4. The molecule has 0 aliphatic rings. The number of sulfonamides is 1. The number of nitrogens with one attached hydrogen (secondary N) is 1. The van der Waals surface area contributed by atoms with Gasteiger partial charge in [-0.05, 0) is 41.8 Å². The standard InChI is InChI=1S/C25H28N2O4S/c1-4-27(32(29,30)22-15-16-23(31-3)19(2)17-22)18-24(28)26-25(20-11-7-5-8-12-20)21-13-9-6-10-14-21/h5-17,25H,4,18H2,1-3H3,(H,26,28). The van der Waals surface area contributed by atoms with Gasteiger partial charge in [0.1, 0.15) is 5.75 Å². The van der Waals surface area contributed by atoms with Gasteiger partial charge < -0.3 is 10.1 Å². The van der Waals surface area contributed by atoms with Crippen LogP contribution in [-0.4, -0.2) is 38.8 Å². The molecular weight excluding hydrogens is 424 g/mol. The van der Waals surface area contributed by atoms with Crippen LogP contribution in [0.25, 0.3) is 0 Å². The van der Waals surface area contributed by atoms with Gasteiger partial charge in [0, 0.05) is 6.54 Å². The minimum Gasteiger partial charge on any atom is -0.496 e. The Hall–Kier alpha value is -3.16. The quantitative estimate of drug-likeness (QED) is 0.534. The van der Waals surface area contributed by atoms with Crippen LogP contribution in [0, 0.1) is 6.92 Å². The normalized spacial score (nSPS) is 11.5. The molecule has 6 nitrogen and oxygen atoms in total. The number of nitrogens with zero attached hydrogens (tertiary/aromatic N) is 1. The summed E-state index contributed by atoms with van der Waals surface area (Å²) in [5, 5.41) is 3.00. The van der Waals surface area contributed by atoms with E-state index < -0.39 is 10.0 Å². The van der Waals surface area contributed by atoms with Crippen LogP contribution < -0.4 is 10.1 Å². The first kappa shape index (κ1) is 23.5. The van der Waals surface area contributed by atoms with E-state index in [1.807, 2.05) is 60.7 Å². The van der Waals surface area contributed by atoms with Crippen LogP contribution in [0.4, 0.5) is 0 Å². The van der Waals surface area contributed by atoms with Gasteiger partial charge in [-0.2, -0.15) is 4.31 Å². The number of amides is 1. The van der Waals surface area contributed by atoms with E-state index in [2.05, 4.69) is 5.32 Å². The van der Waals surface area contributed by atoms with Gasteiger partial charge in [0.05, 0.1) is 24.6 Å². The number of rotatable bonds is 9. The summed E-state index contributed by atoms with van der Waals surface area (Å²) < 4.78 is 32.8. The molecule has 0 aliphatic heterocycles. The van der Waals surface area contributed by atoms with Crippen molar-refractivity contribution in [3.05, 3.63) is 95.6 Å². The van der Waals surface area contributed by atoms with Gasteiger partial charge in [-0.3, -0.25) is 4.79 Å². The predicted molar refractivity (Wildman–Crippen MR) is 125 cm³/mol. The van der Waals surface area contributed by atoms with Gasteiger partial charge in [0.15, 0.2) is 0 Å². The average Bonchev–Trinajstić information content (AvgIpc) is 2.82. The Morgan fingerprint density at radius 1 is 0.969 bits per heavy atom. The Morgan fingerprint density at radius 2 is 1.53 bits per heavy atom. The van der Waals surface area contributed by atoms with E-state index in [4.69, 9.17) is 4.74 Å². The third kappa shape index (κ3) is 5.36. The highest BCUT2D eigenvalue weighted by Gasteiger charge is 2.27. The van der Waals surface area contributed by atoms with Crippen molar-refractivity contribution in [1.29, 1.82) is 0 Å². The number of aryl methyl sites for hydroxylation is 1. The highest BCUT2D eigenvalue weighted by molar-refractivity contribution is 7.89. The first-order chi connectivity index (χ1) is 15.4. The molecule has 3 rings (SSSR count). The molecule has 0 saturated heterocycles. The molecule has 3 aromatic rings. The second-order valence-corrected chi connectivity index (χ2v) is 9.32. The summed E-state index contributed by atoms with van der Waals surface area (Å²) in [6.07, 6.45) is 0. The number of benzene rings is 3. The third-order valence-electron chi connectivity index (χ3n) is 5.25. The molecule has 0 fully saturated rings. The lowest BCUT2D eigenvalue weighted by Crippen LogP contribution is -2.42. The number of hydrogen-bond donors (Lipinski definition) is 1. The lowest BCUT2D eigenvalue weighted by molar-refractivity contribution is -0.121. The van der Waals surface area contributed by atoms with Crippen LogP contribution in [0.1, 0.15) is 29.7 Å². The van der Waals surface area contributed by atoms with E-state index in [-0.39, 0.29) is 29.9 Å². The fourth-order valence-electron chi connectivity index (χ4n) is 3.54. The summed E-state index contributed by atoms with van der Waals surface area (Å²) in [4.78, 5) is 13.1. The van der Waals surface area contributed by atoms with E-state index in [0.717, 1.165) is 11.1 Å². The monoisotopic (exact) mass is 452 g/mol. The molecular formula is C25H28N2O4S. The van der Waals surface area contributed by atoms with Gasteiger partial charge in [-0.1, -0.05) is 67.6 Å². The van der Waals surface area contributed by atoms with Crippen LogP contribution in [0.2, 0.25) is 0 Å². The van der Waals surface area contributed by atoms with Crippen molar-refractivity contribution >= 4 is 15.9 Å².